The van der Waals surface area contributed by atoms with Crippen molar-refractivity contribution in [1.82, 2.24) is 0 Å². The summed E-state index contributed by atoms with van der Waals surface area (Å²) in [5.74, 6) is -0.493. The zero-order valence-electron chi connectivity index (χ0n) is 11.3. The van der Waals surface area contributed by atoms with E-state index in [2.05, 4.69) is 26.6 Å². The molecule has 0 saturated carbocycles. The van der Waals surface area contributed by atoms with Gasteiger partial charge in [0.1, 0.15) is 11.6 Å². The van der Waals surface area contributed by atoms with Crippen LogP contribution in [0.1, 0.15) is 0 Å². The molecule has 0 radical (unpaired) electrons. The Labute approximate surface area is 141 Å². The predicted octanol–water partition coefficient (Wildman–Crippen LogP) is 4.56. The lowest BCUT2D eigenvalue weighted by atomic mass is 10.2. The molecule has 0 spiro atoms. The van der Waals surface area contributed by atoms with Gasteiger partial charge in [-0.3, -0.25) is 4.79 Å². The zero-order chi connectivity index (χ0) is 15.9. The number of nitrogens with zero attached hydrogens (tertiary/aromatic N) is 1. The molecule has 0 saturated heterocycles. The third-order valence-electron chi connectivity index (χ3n) is 2.67. The standard InChI is InChI=1S/C16H11BrClN3O/c17-12-2-1-3-15(8-12)20-10-11(9-19)16(22)21-14-6-4-13(18)5-7-14/h1-8,10,20H,(H,21,22)/b11-10-. The van der Waals surface area contributed by atoms with Gasteiger partial charge in [0, 0.05) is 27.1 Å². The number of anilines is 2. The molecule has 0 atom stereocenters. The number of nitrogens with one attached hydrogen (secondary N) is 2. The minimum absolute atomic E-state index is 0.0325. The number of amides is 1. The maximum absolute atomic E-state index is 12.0. The number of carbonyl (C=O) groups is 1. The minimum atomic E-state index is -0.493. The molecular formula is C16H11BrClN3O. The molecule has 0 aromatic heterocycles. The van der Waals surface area contributed by atoms with E-state index in [4.69, 9.17) is 16.9 Å². The van der Waals surface area contributed by atoms with E-state index < -0.39 is 5.91 Å². The third kappa shape index (κ3) is 4.62. The van der Waals surface area contributed by atoms with Crippen LogP contribution in [0.4, 0.5) is 11.4 Å². The number of carbonyl (C=O) groups excluding carboxylic acids is 1. The first-order valence-electron chi connectivity index (χ1n) is 6.28. The average Bonchev–Trinajstić information content (AvgIpc) is 2.50. The molecule has 0 unspecified atom stereocenters. The second-order valence-corrected chi connectivity index (χ2v) is 5.64. The Morgan fingerprint density at radius 2 is 1.91 bits per heavy atom. The molecule has 0 aliphatic heterocycles. The van der Waals surface area contributed by atoms with Crippen molar-refractivity contribution in [3.05, 3.63) is 69.8 Å². The van der Waals surface area contributed by atoms with Crippen LogP contribution in [0, 0.1) is 11.3 Å². The van der Waals surface area contributed by atoms with Crippen molar-refractivity contribution in [3.63, 3.8) is 0 Å². The SMILES string of the molecule is N#C/C(=C/Nc1cccc(Br)c1)C(=O)Nc1ccc(Cl)cc1. The van der Waals surface area contributed by atoms with Crippen molar-refractivity contribution >= 4 is 44.8 Å². The Morgan fingerprint density at radius 1 is 1.18 bits per heavy atom. The van der Waals surface area contributed by atoms with Gasteiger partial charge >= 0.3 is 0 Å². The lowest BCUT2D eigenvalue weighted by molar-refractivity contribution is -0.112. The van der Waals surface area contributed by atoms with Crippen LogP contribution in [0.2, 0.25) is 5.02 Å². The molecule has 0 aliphatic carbocycles. The van der Waals surface area contributed by atoms with E-state index in [1.54, 1.807) is 24.3 Å². The van der Waals surface area contributed by atoms with Crippen molar-refractivity contribution in [2.24, 2.45) is 0 Å². The topological polar surface area (TPSA) is 64.9 Å². The van der Waals surface area contributed by atoms with Gasteiger partial charge in [-0.05, 0) is 42.5 Å². The van der Waals surface area contributed by atoms with Crippen LogP contribution in [-0.2, 0) is 4.79 Å². The van der Waals surface area contributed by atoms with E-state index in [1.165, 1.54) is 6.20 Å². The summed E-state index contributed by atoms with van der Waals surface area (Å²) >= 11 is 9.13. The fourth-order valence-electron chi connectivity index (χ4n) is 1.61. The van der Waals surface area contributed by atoms with E-state index in [1.807, 2.05) is 30.3 Å². The van der Waals surface area contributed by atoms with Gasteiger partial charge in [-0.25, -0.2) is 0 Å². The third-order valence-corrected chi connectivity index (χ3v) is 3.42. The van der Waals surface area contributed by atoms with Crippen LogP contribution in [0.5, 0.6) is 0 Å². The summed E-state index contributed by atoms with van der Waals surface area (Å²) in [6.45, 7) is 0. The molecule has 0 bridgehead atoms. The smallest absolute Gasteiger partial charge is 0.267 e. The molecule has 2 N–H and O–H groups in total. The highest BCUT2D eigenvalue weighted by atomic mass is 79.9. The summed E-state index contributed by atoms with van der Waals surface area (Å²) in [6, 6.07) is 15.9. The number of benzene rings is 2. The molecule has 2 aromatic carbocycles. The first kappa shape index (κ1) is 16.1. The average molecular weight is 377 g/mol. The van der Waals surface area contributed by atoms with Crippen LogP contribution in [0.15, 0.2) is 64.8 Å². The first-order valence-corrected chi connectivity index (χ1v) is 7.45. The molecule has 2 aromatic rings. The Kier molecular flexibility index (Phi) is 5.59. The van der Waals surface area contributed by atoms with Gasteiger partial charge in [0.25, 0.3) is 5.91 Å². The number of rotatable bonds is 4. The van der Waals surface area contributed by atoms with E-state index >= 15 is 0 Å². The predicted molar refractivity (Wildman–Crippen MR) is 91.5 cm³/mol. The second kappa shape index (κ2) is 7.64. The fraction of sp³-hybridized carbons (Fsp3) is 0. The van der Waals surface area contributed by atoms with Gasteiger partial charge in [-0.2, -0.15) is 5.26 Å². The summed E-state index contributed by atoms with van der Waals surface area (Å²) in [7, 11) is 0. The van der Waals surface area contributed by atoms with E-state index in [9.17, 15) is 4.79 Å². The molecular weight excluding hydrogens is 366 g/mol. The summed E-state index contributed by atoms with van der Waals surface area (Å²) in [5, 5.41) is 15.2. The summed E-state index contributed by atoms with van der Waals surface area (Å²) < 4.78 is 0.898. The minimum Gasteiger partial charge on any atom is -0.360 e. The monoisotopic (exact) mass is 375 g/mol. The largest absolute Gasteiger partial charge is 0.360 e. The van der Waals surface area contributed by atoms with Crippen LogP contribution >= 0.6 is 27.5 Å². The molecule has 110 valence electrons. The molecule has 0 fully saturated rings. The van der Waals surface area contributed by atoms with Crippen LogP contribution in [0.3, 0.4) is 0 Å². The molecule has 2 rings (SSSR count). The molecule has 4 nitrogen and oxygen atoms in total. The number of hydrogen-bond acceptors (Lipinski definition) is 3. The Morgan fingerprint density at radius 3 is 2.55 bits per heavy atom. The van der Waals surface area contributed by atoms with Gasteiger partial charge in [-0.15, -0.1) is 0 Å². The lowest BCUT2D eigenvalue weighted by Gasteiger charge is -2.05. The Hall–Kier alpha value is -2.29. The van der Waals surface area contributed by atoms with Crippen LogP contribution in [0.25, 0.3) is 0 Å². The zero-order valence-corrected chi connectivity index (χ0v) is 13.6. The first-order chi connectivity index (χ1) is 10.6. The number of nitriles is 1. The van der Waals surface area contributed by atoms with Gasteiger partial charge in [0.05, 0.1) is 0 Å². The van der Waals surface area contributed by atoms with Crippen LogP contribution in [-0.4, -0.2) is 5.91 Å². The summed E-state index contributed by atoms with van der Waals surface area (Å²) in [4.78, 5) is 12.0. The normalized spacial score (nSPS) is 10.7. The Bertz CT molecular complexity index is 751. The van der Waals surface area contributed by atoms with Gasteiger partial charge in [-0.1, -0.05) is 33.6 Å². The van der Waals surface area contributed by atoms with Gasteiger partial charge in [0.2, 0.25) is 0 Å². The highest BCUT2D eigenvalue weighted by Gasteiger charge is 2.09. The van der Waals surface area contributed by atoms with Crippen molar-refractivity contribution in [2.75, 3.05) is 10.6 Å². The molecule has 1 amide bonds. The van der Waals surface area contributed by atoms with E-state index in [0.29, 0.717) is 10.7 Å². The van der Waals surface area contributed by atoms with E-state index in [0.717, 1.165) is 10.2 Å². The van der Waals surface area contributed by atoms with Crippen molar-refractivity contribution in [2.45, 2.75) is 0 Å². The summed E-state index contributed by atoms with van der Waals surface area (Å²) in [5.41, 5.74) is 1.30. The maximum atomic E-state index is 12.0. The number of halogens is 2. The van der Waals surface area contributed by atoms with Crippen molar-refractivity contribution < 1.29 is 4.79 Å². The maximum Gasteiger partial charge on any atom is 0.267 e. The lowest BCUT2D eigenvalue weighted by Crippen LogP contribution is -2.14. The molecule has 6 heteroatoms. The highest BCUT2D eigenvalue weighted by Crippen LogP contribution is 2.17. The van der Waals surface area contributed by atoms with Crippen molar-refractivity contribution in [3.8, 4) is 6.07 Å². The Balaban J connectivity index is 2.07. The summed E-state index contributed by atoms with van der Waals surface area (Å²) in [6.07, 6.45) is 1.37. The van der Waals surface area contributed by atoms with E-state index in [-0.39, 0.29) is 5.57 Å². The number of hydrogen-bond donors (Lipinski definition) is 2. The van der Waals surface area contributed by atoms with Crippen molar-refractivity contribution in [1.29, 1.82) is 5.26 Å². The van der Waals surface area contributed by atoms with Gasteiger partial charge in [0.15, 0.2) is 0 Å². The fourth-order valence-corrected chi connectivity index (χ4v) is 2.14. The second-order valence-electron chi connectivity index (χ2n) is 4.29. The molecule has 0 heterocycles. The highest BCUT2D eigenvalue weighted by molar-refractivity contribution is 9.10. The molecule has 22 heavy (non-hydrogen) atoms. The quantitative estimate of drug-likeness (QED) is 0.607. The molecule has 0 aliphatic rings. The van der Waals surface area contributed by atoms with Crippen LogP contribution < -0.4 is 10.6 Å². The van der Waals surface area contributed by atoms with Gasteiger partial charge < -0.3 is 10.6 Å².